The SMILES string of the molecule is Cc1cncc(C(O)C=O)c1. The molecule has 1 aromatic rings. The first-order valence-electron chi connectivity index (χ1n) is 3.29. The Balaban J connectivity index is 2.95. The molecule has 1 heterocycles. The number of aromatic nitrogens is 1. The van der Waals surface area contributed by atoms with Gasteiger partial charge < -0.3 is 9.90 Å². The fourth-order valence-electron chi connectivity index (χ4n) is 0.819. The maximum absolute atomic E-state index is 10.1. The summed E-state index contributed by atoms with van der Waals surface area (Å²) >= 11 is 0. The number of aliphatic hydroxyl groups is 1. The predicted molar refractivity (Wildman–Crippen MR) is 40.0 cm³/mol. The van der Waals surface area contributed by atoms with Crippen molar-refractivity contribution in [1.82, 2.24) is 4.98 Å². The molecule has 0 fully saturated rings. The second-order valence-electron chi connectivity index (χ2n) is 2.38. The van der Waals surface area contributed by atoms with Gasteiger partial charge in [-0.1, -0.05) is 0 Å². The Morgan fingerprint density at radius 3 is 2.91 bits per heavy atom. The van der Waals surface area contributed by atoms with Crippen LogP contribution in [-0.4, -0.2) is 16.4 Å². The molecule has 0 radical (unpaired) electrons. The van der Waals surface area contributed by atoms with E-state index in [4.69, 9.17) is 5.11 Å². The van der Waals surface area contributed by atoms with E-state index in [-0.39, 0.29) is 0 Å². The molecule has 1 unspecified atom stereocenters. The topological polar surface area (TPSA) is 50.2 Å². The molecule has 0 spiro atoms. The summed E-state index contributed by atoms with van der Waals surface area (Å²) in [5, 5.41) is 9.05. The van der Waals surface area contributed by atoms with Crippen molar-refractivity contribution in [3.05, 3.63) is 29.6 Å². The van der Waals surface area contributed by atoms with Gasteiger partial charge in [-0.05, 0) is 18.6 Å². The minimum Gasteiger partial charge on any atom is -0.381 e. The molecule has 1 rings (SSSR count). The summed E-state index contributed by atoms with van der Waals surface area (Å²) in [6, 6.07) is 1.73. The van der Waals surface area contributed by atoms with Gasteiger partial charge in [-0.25, -0.2) is 0 Å². The van der Waals surface area contributed by atoms with Gasteiger partial charge in [0.1, 0.15) is 6.10 Å². The van der Waals surface area contributed by atoms with Crippen LogP contribution in [0.15, 0.2) is 18.5 Å². The van der Waals surface area contributed by atoms with Crippen molar-refractivity contribution in [2.75, 3.05) is 0 Å². The van der Waals surface area contributed by atoms with Crippen LogP contribution in [0.5, 0.6) is 0 Å². The zero-order valence-corrected chi connectivity index (χ0v) is 6.19. The van der Waals surface area contributed by atoms with Crippen LogP contribution in [0, 0.1) is 6.92 Å². The Labute approximate surface area is 64.7 Å². The second kappa shape index (κ2) is 3.25. The summed E-state index contributed by atoms with van der Waals surface area (Å²) in [5.41, 5.74) is 1.48. The van der Waals surface area contributed by atoms with Gasteiger partial charge >= 0.3 is 0 Å². The standard InChI is InChI=1S/C8H9NO2/c1-6-2-7(4-9-3-6)8(11)5-10/h2-5,8,11H,1H3. The molecular formula is C8H9NO2. The highest BCUT2D eigenvalue weighted by atomic mass is 16.3. The second-order valence-corrected chi connectivity index (χ2v) is 2.38. The van der Waals surface area contributed by atoms with Crippen molar-refractivity contribution >= 4 is 6.29 Å². The highest BCUT2D eigenvalue weighted by Crippen LogP contribution is 2.09. The molecule has 58 valence electrons. The predicted octanol–water partition coefficient (Wildman–Crippen LogP) is 0.622. The lowest BCUT2D eigenvalue weighted by Gasteiger charge is -2.01. The van der Waals surface area contributed by atoms with E-state index in [0.717, 1.165) is 5.56 Å². The molecule has 3 nitrogen and oxygen atoms in total. The molecule has 3 heteroatoms. The van der Waals surface area contributed by atoms with Gasteiger partial charge in [0.2, 0.25) is 0 Å². The van der Waals surface area contributed by atoms with Crippen molar-refractivity contribution in [2.24, 2.45) is 0 Å². The minimum absolute atomic E-state index is 0.483. The quantitative estimate of drug-likeness (QED) is 0.630. The first-order chi connectivity index (χ1) is 5.24. The van der Waals surface area contributed by atoms with Gasteiger partial charge in [0.05, 0.1) is 0 Å². The number of hydrogen-bond acceptors (Lipinski definition) is 3. The third-order valence-electron chi connectivity index (χ3n) is 1.37. The van der Waals surface area contributed by atoms with E-state index in [1.54, 1.807) is 12.3 Å². The molecule has 0 bridgehead atoms. The van der Waals surface area contributed by atoms with Gasteiger partial charge in [0.15, 0.2) is 6.29 Å². The van der Waals surface area contributed by atoms with Crippen LogP contribution < -0.4 is 0 Å². The smallest absolute Gasteiger partial charge is 0.153 e. The van der Waals surface area contributed by atoms with Crippen molar-refractivity contribution in [3.8, 4) is 0 Å². The fourth-order valence-corrected chi connectivity index (χ4v) is 0.819. The number of carbonyl (C=O) groups is 1. The van der Waals surface area contributed by atoms with Crippen LogP contribution in [0.25, 0.3) is 0 Å². The molecule has 0 aliphatic rings. The Kier molecular flexibility index (Phi) is 2.33. The van der Waals surface area contributed by atoms with E-state index in [1.165, 1.54) is 6.20 Å². The molecule has 0 amide bonds. The van der Waals surface area contributed by atoms with Crippen molar-refractivity contribution < 1.29 is 9.90 Å². The van der Waals surface area contributed by atoms with Gasteiger partial charge in [0.25, 0.3) is 0 Å². The normalized spacial score (nSPS) is 12.5. The van der Waals surface area contributed by atoms with E-state index in [1.807, 2.05) is 6.92 Å². The third-order valence-corrected chi connectivity index (χ3v) is 1.37. The van der Waals surface area contributed by atoms with E-state index in [2.05, 4.69) is 4.98 Å². The Bertz CT molecular complexity index is 260. The number of aryl methyl sites for hydroxylation is 1. The van der Waals surface area contributed by atoms with E-state index >= 15 is 0 Å². The molecule has 1 atom stereocenters. The van der Waals surface area contributed by atoms with Gasteiger partial charge in [-0.3, -0.25) is 4.98 Å². The molecule has 0 aliphatic heterocycles. The summed E-state index contributed by atoms with van der Waals surface area (Å²) in [6.07, 6.45) is 2.59. The first-order valence-corrected chi connectivity index (χ1v) is 3.29. The maximum Gasteiger partial charge on any atom is 0.153 e. The largest absolute Gasteiger partial charge is 0.381 e. The lowest BCUT2D eigenvalue weighted by atomic mass is 10.1. The Morgan fingerprint density at radius 1 is 1.64 bits per heavy atom. The number of aldehydes is 1. The summed E-state index contributed by atoms with van der Waals surface area (Å²) < 4.78 is 0. The average Bonchev–Trinajstić information content (AvgIpc) is 2.03. The fraction of sp³-hybridized carbons (Fsp3) is 0.250. The molecule has 0 aliphatic carbocycles. The van der Waals surface area contributed by atoms with Crippen LogP contribution >= 0.6 is 0 Å². The molecule has 1 N–H and O–H groups in total. The summed E-state index contributed by atoms with van der Waals surface area (Å²) in [4.78, 5) is 14.0. The molecular weight excluding hydrogens is 142 g/mol. The molecule has 1 aromatic heterocycles. The average molecular weight is 151 g/mol. The lowest BCUT2D eigenvalue weighted by molar-refractivity contribution is -0.115. The number of carbonyl (C=O) groups excluding carboxylic acids is 1. The number of rotatable bonds is 2. The molecule has 11 heavy (non-hydrogen) atoms. The highest BCUT2D eigenvalue weighted by Gasteiger charge is 2.04. The van der Waals surface area contributed by atoms with E-state index in [0.29, 0.717) is 11.8 Å². The zero-order chi connectivity index (χ0) is 8.27. The van der Waals surface area contributed by atoms with Gasteiger partial charge in [0, 0.05) is 18.0 Å². The molecule has 0 aromatic carbocycles. The van der Waals surface area contributed by atoms with Crippen molar-refractivity contribution in [2.45, 2.75) is 13.0 Å². The summed E-state index contributed by atoms with van der Waals surface area (Å²) in [5.74, 6) is 0. The molecule has 0 saturated carbocycles. The van der Waals surface area contributed by atoms with Gasteiger partial charge in [-0.15, -0.1) is 0 Å². The summed E-state index contributed by atoms with van der Waals surface area (Å²) in [6.45, 7) is 1.86. The Morgan fingerprint density at radius 2 is 2.36 bits per heavy atom. The Hall–Kier alpha value is -1.22. The monoisotopic (exact) mass is 151 g/mol. The maximum atomic E-state index is 10.1. The van der Waals surface area contributed by atoms with E-state index in [9.17, 15) is 4.79 Å². The van der Waals surface area contributed by atoms with Crippen LogP contribution in [0.4, 0.5) is 0 Å². The number of nitrogens with zero attached hydrogens (tertiary/aromatic N) is 1. The highest BCUT2D eigenvalue weighted by molar-refractivity contribution is 5.59. The number of aliphatic hydroxyl groups excluding tert-OH is 1. The van der Waals surface area contributed by atoms with Crippen molar-refractivity contribution in [1.29, 1.82) is 0 Å². The number of hydrogen-bond donors (Lipinski definition) is 1. The molecule has 0 saturated heterocycles. The number of pyridine rings is 1. The summed E-state index contributed by atoms with van der Waals surface area (Å²) in [7, 11) is 0. The zero-order valence-electron chi connectivity index (χ0n) is 6.19. The van der Waals surface area contributed by atoms with E-state index < -0.39 is 6.10 Å². The first kappa shape index (κ1) is 7.88. The van der Waals surface area contributed by atoms with Crippen LogP contribution in [0.3, 0.4) is 0 Å². The lowest BCUT2D eigenvalue weighted by Crippen LogP contribution is -1.98. The third kappa shape index (κ3) is 1.85. The van der Waals surface area contributed by atoms with Crippen LogP contribution in [0.1, 0.15) is 17.2 Å². The van der Waals surface area contributed by atoms with Crippen molar-refractivity contribution in [3.63, 3.8) is 0 Å². The minimum atomic E-state index is -1.04. The van der Waals surface area contributed by atoms with Crippen LogP contribution in [0.2, 0.25) is 0 Å². The van der Waals surface area contributed by atoms with Gasteiger partial charge in [-0.2, -0.15) is 0 Å². The van der Waals surface area contributed by atoms with Crippen LogP contribution in [-0.2, 0) is 4.79 Å².